The third-order valence-electron chi connectivity index (χ3n) is 5.44. The molecule has 1 heterocycles. The van der Waals surface area contributed by atoms with Crippen LogP contribution >= 0.6 is 0 Å². The first-order valence-electron chi connectivity index (χ1n) is 9.71. The minimum absolute atomic E-state index is 0.451. The number of benzene rings is 2. The molecule has 0 saturated carbocycles. The van der Waals surface area contributed by atoms with Crippen molar-refractivity contribution in [2.75, 3.05) is 13.1 Å². The largest absolute Gasteiger partial charge is 0.307 e. The zero-order chi connectivity index (χ0) is 17.6. The van der Waals surface area contributed by atoms with Crippen LogP contribution in [0.4, 0.5) is 0 Å². The summed E-state index contributed by atoms with van der Waals surface area (Å²) in [5.41, 5.74) is 4.29. The lowest BCUT2D eigenvalue weighted by Crippen LogP contribution is -2.44. The smallest absolute Gasteiger partial charge is 0.0348 e. The van der Waals surface area contributed by atoms with Gasteiger partial charge in [-0.1, -0.05) is 68.4 Å². The first kappa shape index (κ1) is 18.2. The van der Waals surface area contributed by atoms with E-state index in [1.807, 2.05) is 0 Å². The number of piperidine rings is 1. The fourth-order valence-electron chi connectivity index (χ4n) is 3.93. The van der Waals surface area contributed by atoms with E-state index < -0.39 is 0 Å². The fourth-order valence-corrected chi connectivity index (χ4v) is 3.93. The van der Waals surface area contributed by atoms with Gasteiger partial charge in [0.05, 0.1) is 0 Å². The summed E-state index contributed by atoms with van der Waals surface area (Å²) in [6.07, 6.45) is 2.48. The summed E-state index contributed by atoms with van der Waals surface area (Å²) in [4.78, 5) is 2.59. The Labute approximate surface area is 153 Å². The van der Waals surface area contributed by atoms with Crippen molar-refractivity contribution in [3.05, 3.63) is 71.3 Å². The highest BCUT2D eigenvalue weighted by atomic mass is 15.1. The zero-order valence-corrected chi connectivity index (χ0v) is 15.9. The van der Waals surface area contributed by atoms with Gasteiger partial charge in [0.25, 0.3) is 0 Å². The minimum Gasteiger partial charge on any atom is -0.307 e. The Hall–Kier alpha value is -1.64. The van der Waals surface area contributed by atoms with E-state index in [4.69, 9.17) is 0 Å². The molecule has 25 heavy (non-hydrogen) atoms. The normalized spacial score (nSPS) is 17.8. The number of nitrogens with one attached hydrogen (secondary N) is 1. The van der Waals surface area contributed by atoms with Gasteiger partial charge < -0.3 is 5.32 Å². The zero-order valence-electron chi connectivity index (χ0n) is 15.9. The lowest BCUT2D eigenvalue weighted by atomic mass is 9.91. The van der Waals surface area contributed by atoms with Gasteiger partial charge in [0.1, 0.15) is 0 Å². The number of nitrogens with zero attached hydrogens (tertiary/aromatic N) is 1. The maximum atomic E-state index is 3.97. The molecule has 1 atom stereocenters. The number of rotatable bonds is 6. The molecule has 2 nitrogen and oxygen atoms in total. The summed E-state index contributed by atoms with van der Waals surface area (Å²) in [5, 5.41) is 3.97. The predicted molar refractivity (Wildman–Crippen MR) is 107 cm³/mol. The van der Waals surface area contributed by atoms with Crippen molar-refractivity contribution in [3.63, 3.8) is 0 Å². The van der Waals surface area contributed by atoms with Gasteiger partial charge >= 0.3 is 0 Å². The SMILES string of the molecule is Cc1ccccc1C(NC1CCN(Cc2ccccc2)CC1)C(C)C. The van der Waals surface area contributed by atoms with Crippen molar-refractivity contribution >= 4 is 0 Å². The molecule has 2 aromatic rings. The summed E-state index contributed by atoms with van der Waals surface area (Å²) < 4.78 is 0. The molecule has 0 spiro atoms. The number of aryl methyl sites for hydroxylation is 1. The molecule has 0 bridgehead atoms. The average Bonchev–Trinajstić information content (AvgIpc) is 2.62. The topological polar surface area (TPSA) is 15.3 Å². The molecule has 3 rings (SSSR count). The fraction of sp³-hybridized carbons (Fsp3) is 0.478. The Morgan fingerprint density at radius 2 is 1.60 bits per heavy atom. The highest BCUT2D eigenvalue weighted by Crippen LogP contribution is 2.27. The van der Waals surface area contributed by atoms with Gasteiger partial charge in [0, 0.05) is 18.6 Å². The maximum absolute atomic E-state index is 3.97. The van der Waals surface area contributed by atoms with E-state index in [0.29, 0.717) is 18.0 Å². The monoisotopic (exact) mass is 336 g/mol. The summed E-state index contributed by atoms with van der Waals surface area (Å²) >= 11 is 0. The number of hydrogen-bond acceptors (Lipinski definition) is 2. The Kier molecular flexibility index (Phi) is 6.28. The van der Waals surface area contributed by atoms with E-state index in [9.17, 15) is 0 Å². The van der Waals surface area contributed by atoms with Crippen molar-refractivity contribution < 1.29 is 0 Å². The molecular weight excluding hydrogens is 304 g/mol. The van der Waals surface area contributed by atoms with Gasteiger partial charge in [-0.15, -0.1) is 0 Å². The van der Waals surface area contributed by atoms with E-state index in [1.54, 1.807) is 0 Å². The van der Waals surface area contributed by atoms with Gasteiger partial charge in [0.2, 0.25) is 0 Å². The summed E-state index contributed by atoms with van der Waals surface area (Å²) in [6.45, 7) is 10.3. The van der Waals surface area contributed by atoms with Crippen molar-refractivity contribution in [1.82, 2.24) is 10.2 Å². The number of hydrogen-bond donors (Lipinski definition) is 1. The Bertz CT molecular complexity index is 642. The molecule has 1 aliphatic heterocycles. The third kappa shape index (κ3) is 4.93. The van der Waals surface area contributed by atoms with Gasteiger partial charge in [0.15, 0.2) is 0 Å². The molecule has 2 heteroatoms. The Morgan fingerprint density at radius 1 is 0.960 bits per heavy atom. The lowest BCUT2D eigenvalue weighted by Gasteiger charge is -2.36. The molecule has 0 amide bonds. The molecule has 1 unspecified atom stereocenters. The summed E-state index contributed by atoms with van der Waals surface area (Å²) in [7, 11) is 0. The van der Waals surface area contributed by atoms with Gasteiger partial charge in [-0.2, -0.15) is 0 Å². The van der Waals surface area contributed by atoms with Crippen LogP contribution in [0.3, 0.4) is 0 Å². The van der Waals surface area contributed by atoms with Crippen LogP contribution in [0.5, 0.6) is 0 Å². The van der Waals surface area contributed by atoms with Crippen LogP contribution in [-0.4, -0.2) is 24.0 Å². The van der Waals surface area contributed by atoms with Gasteiger partial charge in [-0.3, -0.25) is 4.90 Å². The van der Waals surface area contributed by atoms with Crippen molar-refractivity contribution in [1.29, 1.82) is 0 Å². The second-order valence-electron chi connectivity index (χ2n) is 7.78. The summed E-state index contributed by atoms with van der Waals surface area (Å²) in [5.74, 6) is 0.600. The van der Waals surface area contributed by atoms with Gasteiger partial charge in [-0.25, -0.2) is 0 Å². The van der Waals surface area contributed by atoms with Crippen LogP contribution in [0.2, 0.25) is 0 Å². The molecule has 1 N–H and O–H groups in total. The minimum atomic E-state index is 0.451. The first-order valence-corrected chi connectivity index (χ1v) is 9.71. The molecule has 0 aliphatic carbocycles. The first-order chi connectivity index (χ1) is 12.1. The van der Waals surface area contributed by atoms with E-state index in [2.05, 4.69) is 85.6 Å². The highest BCUT2D eigenvalue weighted by molar-refractivity contribution is 5.29. The highest BCUT2D eigenvalue weighted by Gasteiger charge is 2.24. The van der Waals surface area contributed by atoms with Gasteiger partial charge in [-0.05, 0) is 55.5 Å². The van der Waals surface area contributed by atoms with Crippen LogP contribution < -0.4 is 5.32 Å². The second-order valence-corrected chi connectivity index (χ2v) is 7.78. The molecule has 0 radical (unpaired) electrons. The van der Waals surface area contributed by atoms with E-state index in [-0.39, 0.29) is 0 Å². The Morgan fingerprint density at radius 3 is 2.24 bits per heavy atom. The second kappa shape index (κ2) is 8.64. The molecule has 2 aromatic carbocycles. The van der Waals surface area contributed by atoms with Crippen LogP contribution in [0.25, 0.3) is 0 Å². The maximum Gasteiger partial charge on any atom is 0.0348 e. The molecule has 1 aliphatic rings. The van der Waals surface area contributed by atoms with Crippen LogP contribution in [0, 0.1) is 12.8 Å². The summed E-state index contributed by atoms with van der Waals surface area (Å²) in [6, 6.07) is 20.7. The van der Waals surface area contributed by atoms with E-state index in [0.717, 1.165) is 6.54 Å². The average molecular weight is 337 g/mol. The lowest BCUT2D eigenvalue weighted by molar-refractivity contribution is 0.178. The number of likely N-dealkylation sites (tertiary alicyclic amines) is 1. The quantitative estimate of drug-likeness (QED) is 0.803. The molecule has 134 valence electrons. The molecular formula is C23H32N2. The van der Waals surface area contributed by atoms with Crippen molar-refractivity contribution in [3.8, 4) is 0 Å². The Balaban J connectivity index is 1.56. The van der Waals surface area contributed by atoms with E-state index in [1.165, 1.54) is 42.6 Å². The molecule has 1 saturated heterocycles. The van der Waals surface area contributed by atoms with Crippen molar-refractivity contribution in [2.45, 2.75) is 52.2 Å². The molecule has 0 aromatic heterocycles. The standard InChI is InChI=1S/C23H32N2/c1-18(2)23(22-12-8-7-9-19(22)3)24-21-13-15-25(16-14-21)17-20-10-5-4-6-11-20/h4-12,18,21,23-24H,13-17H2,1-3H3. The molecule has 1 fully saturated rings. The van der Waals surface area contributed by atoms with Crippen LogP contribution in [0.1, 0.15) is 49.4 Å². The van der Waals surface area contributed by atoms with Crippen molar-refractivity contribution in [2.24, 2.45) is 5.92 Å². The third-order valence-corrected chi connectivity index (χ3v) is 5.44. The van der Waals surface area contributed by atoms with E-state index >= 15 is 0 Å². The van der Waals surface area contributed by atoms with Crippen LogP contribution in [0.15, 0.2) is 54.6 Å². The predicted octanol–water partition coefficient (Wildman–Crippen LogP) is 4.95. The van der Waals surface area contributed by atoms with Crippen LogP contribution in [-0.2, 0) is 6.54 Å².